The molecule has 0 bridgehead atoms. The molecule has 2 aliphatic rings. The molecule has 2 aromatic rings. The minimum Gasteiger partial charge on any atom is -0.399 e. The second kappa shape index (κ2) is 4.41. The number of hydrogen-bond donors (Lipinski definition) is 2. The Morgan fingerprint density at radius 1 is 1.05 bits per heavy atom. The van der Waals surface area contributed by atoms with Crippen molar-refractivity contribution in [2.75, 3.05) is 11.1 Å². The first-order chi connectivity index (χ1) is 9.83. The van der Waals surface area contributed by atoms with Crippen LogP contribution in [0.25, 0.3) is 0 Å². The van der Waals surface area contributed by atoms with Gasteiger partial charge >= 0.3 is 0 Å². The molecule has 1 aliphatic heterocycles. The highest BCUT2D eigenvalue weighted by Crippen LogP contribution is 2.49. The number of fused-ring (bicyclic) bond motifs is 3. The number of allylic oxidation sites excluding steroid dienone is 2. The van der Waals surface area contributed by atoms with E-state index in [-0.39, 0.29) is 0 Å². The minimum absolute atomic E-state index is 0.382. The Morgan fingerprint density at radius 2 is 1.90 bits per heavy atom. The van der Waals surface area contributed by atoms with Gasteiger partial charge in [-0.3, -0.25) is 0 Å². The third kappa shape index (κ3) is 1.72. The summed E-state index contributed by atoms with van der Waals surface area (Å²) in [7, 11) is 0. The predicted octanol–water partition coefficient (Wildman–Crippen LogP) is 4.10. The van der Waals surface area contributed by atoms with Gasteiger partial charge in [0.1, 0.15) is 0 Å². The fourth-order valence-electron chi connectivity index (χ4n) is 3.60. The zero-order valence-corrected chi connectivity index (χ0v) is 11.3. The molecule has 1 heterocycles. The highest BCUT2D eigenvalue weighted by Gasteiger charge is 2.37. The SMILES string of the molecule is Nc1ccc2c(c1)[C@@H]1C=CC[C@@H]1[C@@H](c1ccccc1)N2. The smallest absolute Gasteiger partial charge is 0.0553 e. The summed E-state index contributed by atoms with van der Waals surface area (Å²) < 4.78 is 0. The number of nitrogens with one attached hydrogen (secondary N) is 1. The lowest BCUT2D eigenvalue weighted by atomic mass is 9.77. The molecule has 0 saturated heterocycles. The molecule has 3 N–H and O–H groups in total. The molecular weight excluding hydrogens is 244 g/mol. The molecule has 2 aromatic carbocycles. The zero-order valence-electron chi connectivity index (χ0n) is 11.3. The van der Waals surface area contributed by atoms with Crippen molar-refractivity contribution in [2.24, 2.45) is 5.92 Å². The largest absolute Gasteiger partial charge is 0.399 e. The van der Waals surface area contributed by atoms with Crippen LogP contribution in [0.3, 0.4) is 0 Å². The van der Waals surface area contributed by atoms with Gasteiger partial charge < -0.3 is 11.1 Å². The Kier molecular flexibility index (Phi) is 2.56. The summed E-state index contributed by atoms with van der Waals surface area (Å²) in [6.45, 7) is 0. The standard InChI is InChI=1S/C18H18N2/c19-13-9-10-17-16(11-13)14-7-4-8-15(14)18(20-17)12-5-2-1-3-6-12/h1-7,9-11,14-15,18,20H,8,19H2/t14-,15+,18-/m1/s1. The fourth-order valence-corrected chi connectivity index (χ4v) is 3.60. The fraction of sp³-hybridized carbons (Fsp3) is 0.222. The van der Waals surface area contributed by atoms with E-state index in [0.717, 1.165) is 12.1 Å². The Labute approximate surface area is 119 Å². The van der Waals surface area contributed by atoms with Gasteiger partial charge in [-0.05, 0) is 41.7 Å². The van der Waals surface area contributed by atoms with E-state index >= 15 is 0 Å². The Bertz CT molecular complexity index is 660. The summed E-state index contributed by atoms with van der Waals surface area (Å²) >= 11 is 0. The molecule has 0 saturated carbocycles. The van der Waals surface area contributed by atoms with E-state index < -0.39 is 0 Å². The van der Waals surface area contributed by atoms with E-state index in [1.54, 1.807) is 0 Å². The zero-order chi connectivity index (χ0) is 13.5. The summed E-state index contributed by atoms with van der Waals surface area (Å²) in [5.74, 6) is 1.08. The molecule has 100 valence electrons. The second-order valence-corrected chi connectivity index (χ2v) is 5.73. The van der Waals surface area contributed by atoms with Crippen molar-refractivity contribution < 1.29 is 0 Å². The van der Waals surface area contributed by atoms with Crippen LogP contribution in [-0.2, 0) is 0 Å². The third-order valence-electron chi connectivity index (χ3n) is 4.55. The Morgan fingerprint density at radius 3 is 2.75 bits per heavy atom. The molecule has 0 fully saturated rings. The molecule has 2 heteroatoms. The molecule has 20 heavy (non-hydrogen) atoms. The maximum Gasteiger partial charge on any atom is 0.0553 e. The first-order valence-electron chi connectivity index (χ1n) is 7.20. The summed E-state index contributed by atoms with van der Waals surface area (Å²) in [6.07, 6.45) is 5.79. The van der Waals surface area contributed by atoms with Gasteiger partial charge in [0, 0.05) is 17.3 Å². The van der Waals surface area contributed by atoms with Crippen LogP contribution in [0.1, 0.15) is 29.5 Å². The topological polar surface area (TPSA) is 38.0 Å². The number of nitrogens with two attached hydrogens (primary N) is 1. The van der Waals surface area contributed by atoms with Crippen LogP contribution in [0.5, 0.6) is 0 Å². The van der Waals surface area contributed by atoms with Gasteiger partial charge in [0.15, 0.2) is 0 Å². The van der Waals surface area contributed by atoms with Crippen LogP contribution < -0.4 is 11.1 Å². The van der Waals surface area contributed by atoms with E-state index in [1.807, 2.05) is 6.07 Å². The van der Waals surface area contributed by atoms with Gasteiger partial charge in [0.25, 0.3) is 0 Å². The van der Waals surface area contributed by atoms with Crippen LogP contribution in [0.15, 0.2) is 60.7 Å². The molecule has 4 rings (SSSR count). The van der Waals surface area contributed by atoms with Crippen molar-refractivity contribution >= 4 is 11.4 Å². The number of anilines is 2. The number of hydrogen-bond acceptors (Lipinski definition) is 2. The molecule has 0 spiro atoms. The van der Waals surface area contributed by atoms with Crippen molar-refractivity contribution in [1.29, 1.82) is 0 Å². The first kappa shape index (κ1) is 11.6. The van der Waals surface area contributed by atoms with Gasteiger partial charge in [0.2, 0.25) is 0 Å². The van der Waals surface area contributed by atoms with Gasteiger partial charge in [-0.15, -0.1) is 0 Å². The monoisotopic (exact) mass is 262 g/mol. The summed E-state index contributed by atoms with van der Waals surface area (Å²) in [5, 5.41) is 3.72. The van der Waals surface area contributed by atoms with E-state index in [9.17, 15) is 0 Å². The van der Waals surface area contributed by atoms with Crippen molar-refractivity contribution in [1.82, 2.24) is 0 Å². The summed E-state index contributed by atoms with van der Waals surface area (Å²) in [6, 6.07) is 17.3. The highest BCUT2D eigenvalue weighted by molar-refractivity contribution is 5.64. The summed E-state index contributed by atoms with van der Waals surface area (Å²) in [4.78, 5) is 0. The normalized spacial score (nSPS) is 26.7. The highest BCUT2D eigenvalue weighted by atomic mass is 15.0. The maximum absolute atomic E-state index is 5.96. The van der Waals surface area contributed by atoms with Gasteiger partial charge in [-0.2, -0.15) is 0 Å². The molecule has 0 unspecified atom stereocenters. The maximum atomic E-state index is 5.96. The third-order valence-corrected chi connectivity index (χ3v) is 4.55. The average Bonchev–Trinajstić information content (AvgIpc) is 2.97. The molecular formula is C18H18N2. The van der Waals surface area contributed by atoms with E-state index in [4.69, 9.17) is 5.73 Å². The van der Waals surface area contributed by atoms with Gasteiger partial charge in [-0.1, -0.05) is 42.5 Å². The lowest BCUT2D eigenvalue weighted by Gasteiger charge is -2.37. The lowest BCUT2D eigenvalue weighted by molar-refractivity contribution is 0.426. The molecule has 2 nitrogen and oxygen atoms in total. The van der Waals surface area contributed by atoms with Crippen LogP contribution in [-0.4, -0.2) is 0 Å². The first-order valence-corrected chi connectivity index (χ1v) is 7.20. The van der Waals surface area contributed by atoms with Crippen LogP contribution in [0, 0.1) is 5.92 Å². The van der Waals surface area contributed by atoms with Crippen molar-refractivity contribution in [3.8, 4) is 0 Å². The Balaban J connectivity index is 1.80. The van der Waals surface area contributed by atoms with E-state index in [1.165, 1.54) is 16.8 Å². The predicted molar refractivity (Wildman–Crippen MR) is 83.6 cm³/mol. The van der Waals surface area contributed by atoms with Gasteiger partial charge in [-0.25, -0.2) is 0 Å². The molecule has 1 aliphatic carbocycles. The summed E-state index contributed by atoms with van der Waals surface area (Å²) in [5.41, 5.74) is 10.7. The van der Waals surface area contributed by atoms with Crippen molar-refractivity contribution in [2.45, 2.75) is 18.4 Å². The second-order valence-electron chi connectivity index (χ2n) is 5.73. The minimum atomic E-state index is 0.382. The van der Waals surface area contributed by atoms with E-state index in [0.29, 0.717) is 17.9 Å². The number of benzene rings is 2. The molecule has 0 amide bonds. The van der Waals surface area contributed by atoms with Gasteiger partial charge in [0.05, 0.1) is 6.04 Å². The molecule has 3 atom stereocenters. The average molecular weight is 262 g/mol. The van der Waals surface area contributed by atoms with E-state index in [2.05, 4.69) is 59.9 Å². The van der Waals surface area contributed by atoms with Crippen molar-refractivity contribution in [3.05, 3.63) is 71.8 Å². The van der Waals surface area contributed by atoms with Crippen LogP contribution >= 0.6 is 0 Å². The number of nitrogen functional groups attached to an aromatic ring is 1. The van der Waals surface area contributed by atoms with Crippen molar-refractivity contribution in [3.63, 3.8) is 0 Å². The molecule has 0 aromatic heterocycles. The Hall–Kier alpha value is -2.22. The quantitative estimate of drug-likeness (QED) is 0.600. The lowest BCUT2D eigenvalue weighted by Crippen LogP contribution is -2.29. The van der Waals surface area contributed by atoms with Crippen LogP contribution in [0.4, 0.5) is 11.4 Å². The van der Waals surface area contributed by atoms with Crippen LogP contribution in [0.2, 0.25) is 0 Å². The number of rotatable bonds is 1. The molecule has 0 radical (unpaired) electrons.